The maximum atomic E-state index is 11.3. The second-order valence-corrected chi connectivity index (χ2v) is 6.65. The molecule has 0 radical (unpaired) electrons. The summed E-state index contributed by atoms with van der Waals surface area (Å²) in [5.74, 6) is 0.371. The van der Waals surface area contributed by atoms with Crippen LogP contribution in [-0.2, 0) is 0 Å². The summed E-state index contributed by atoms with van der Waals surface area (Å²) in [6.45, 7) is 4.06. The average Bonchev–Trinajstić information content (AvgIpc) is 2.96. The zero-order valence-electron chi connectivity index (χ0n) is 14.6. The van der Waals surface area contributed by atoms with Gasteiger partial charge in [0, 0.05) is 11.4 Å². The summed E-state index contributed by atoms with van der Waals surface area (Å²) in [5, 5.41) is 6.70. The van der Waals surface area contributed by atoms with Crippen molar-refractivity contribution < 1.29 is 4.42 Å². The summed E-state index contributed by atoms with van der Waals surface area (Å²) in [6.07, 6.45) is 1.53. The molecule has 3 N–H and O–H groups in total. The van der Waals surface area contributed by atoms with Crippen LogP contribution in [-0.4, -0.2) is 15.0 Å². The number of hydrogen-bond donors (Lipinski definition) is 3. The molecule has 7 nitrogen and oxygen atoms in total. The van der Waals surface area contributed by atoms with Crippen molar-refractivity contribution in [3.8, 4) is 0 Å². The van der Waals surface area contributed by atoms with E-state index in [0.29, 0.717) is 33.6 Å². The summed E-state index contributed by atoms with van der Waals surface area (Å²) >= 11 is 6.23. The Hall–Kier alpha value is -3.32. The van der Waals surface area contributed by atoms with Crippen molar-refractivity contribution in [2.24, 2.45) is 0 Å². The van der Waals surface area contributed by atoms with E-state index < -0.39 is 5.76 Å². The first-order chi connectivity index (χ1) is 13.0. The van der Waals surface area contributed by atoms with Crippen LogP contribution >= 0.6 is 11.6 Å². The van der Waals surface area contributed by atoms with E-state index in [2.05, 4.69) is 31.7 Å². The van der Waals surface area contributed by atoms with Crippen molar-refractivity contribution in [3.05, 3.63) is 69.3 Å². The van der Waals surface area contributed by atoms with Gasteiger partial charge in [0.2, 0.25) is 5.95 Å². The number of aromatic nitrogens is 3. The highest BCUT2D eigenvalue weighted by molar-refractivity contribution is 6.32. The topological polar surface area (TPSA) is 95.8 Å². The number of aryl methyl sites for hydroxylation is 2. The SMILES string of the molecule is Cc1cc(C)cc(Nc2ncc(Cl)c(Nc3ccc4oc(=O)[nH]c4c3)n2)c1. The van der Waals surface area contributed by atoms with Gasteiger partial charge < -0.3 is 15.1 Å². The molecular weight excluding hydrogens is 366 g/mol. The maximum absolute atomic E-state index is 11.3. The van der Waals surface area contributed by atoms with Crippen LogP contribution in [0.4, 0.5) is 23.1 Å². The molecule has 0 unspecified atom stereocenters. The Morgan fingerprint density at radius 3 is 2.59 bits per heavy atom. The van der Waals surface area contributed by atoms with Crippen LogP contribution in [0.3, 0.4) is 0 Å². The van der Waals surface area contributed by atoms with E-state index in [-0.39, 0.29) is 0 Å². The summed E-state index contributed by atoms with van der Waals surface area (Å²) in [4.78, 5) is 22.6. The molecule has 0 saturated heterocycles. The normalized spacial score (nSPS) is 10.9. The molecule has 2 aromatic heterocycles. The summed E-state index contributed by atoms with van der Waals surface area (Å²) < 4.78 is 5.00. The van der Waals surface area contributed by atoms with Gasteiger partial charge in [-0.25, -0.2) is 9.78 Å². The largest absolute Gasteiger partial charge is 0.417 e. The molecule has 0 aliphatic heterocycles. The average molecular weight is 382 g/mol. The maximum Gasteiger partial charge on any atom is 0.417 e. The van der Waals surface area contributed by atoms with E-state index in [1.54, 1.807) is 18.2 Å². The number of rotatable bonds is 4. The van der Waals surface area contributed by atoms with Gasteiger partial charge in [-0.2, -0.15) is 4.98 Å². The zero-order valence-corrected chi connectivity index (χ0v) is 15.4. The third-order valence-corrected chi connectivity index (χ3v) is 4.18. The van der Waals surface area contributed by atoms with Gasteiger partial charge in [0.1, 0.15) is 5.02 Å². The Labute approximate surface area is 159 Å². The second-order valence-electron chi connectivity index (χ2n) is 6.24. The molecule has 27 heavy (non-hydrogen) atoms. The van der Waals surface area contributed by atoms with Crippen LogP contribution in [0.25, 0.3) is 11.1 Å². The molecule has 0 amide bonds. The van der Waals surface area contributed by atoms with Crippen molar-refractivity contribution in [2.45, 2.75) is 13.8 Å². The molecule has 4 aromatic rings. The Morgan fingerprint density at radius 1 is 1.04 bits per heavy atom. The lowest BCUT2D eigenvalue weighted by Gasteiger charge is -2.11. The monoisotopic (exact) mass is 381 g/mol. The van der Waals surface area contributed by atoms with Crippen LogP contribution in [0.15, 0.2) is 51.8 Å². The molecule has 4 rings (SSSR count). The molecule has 2 aromatic carbocycles. The summed E-state index contributed by atoms with van der Waals surface area (Å²) in [6, 6.07) is 11.3. The Morgan fingerprint density at radius 2 is 1.81 bits per heavy atom. The third-order valence-electron chi connectivity index (χ3n) is 3.90. The second kappa shape index (κ2) is 6.77. The number of hydrogen-bond acceptors (Lipinski definition) is 6. The number of halogens is 1. The van der Waals surface area contributed by atoms with Gasteiger partial charge in [-0.15, -0.1) is 0 Å². The molecule has 2 heterocycles. The van der Waals surface area contributed by atoms with Crippen LogP contribution in [0.5, 0.6) is 0 Å². The van der Waals surface area contributed by atoms with Crippen LogP contribution in [0.2, 0.25) is 5.02 Å². The minimum absolute atomic E-state index is 0.377. The molecule has 0 aliphatic carbocycles. The molecular formula is C19H16ClN5O2. The molecule has 0 saturated carbocycles. The molecule has 0 atom stereocenters. The van der Waals surface area contributed by atoms with Gasteiger partial charge in [0.15, 0.2) is 11.4 Å². The first kappa shape index (κ1) is 17.1. The predicted octanol–water partition coefficient (Wildman–Crippen LogP) is 4.67. The van der Waals surface area contributed by atoms with Gasteiger partial charge in [0.05, 0.1) is 11.7 Å². The lowest BCUT2D eigenvalue weighted by atomic mass is 10.1. The first-order valence-electron chi connectivity index (χ1n) is 8.24. The number of nitrogens with zero attached hydrogens (tertiary/aromatic N) is 2. The Bertz CT molecular complexity index is 1180. The Kier molecular flexibility index (Phi) is 4.29. The van der Waals surface area contributed by atoms with Gasteiger partial charge in [0.25, 0.3) is 0 Å². The quantitative estimate of drug-likeness (QED) is 0.475. The van der Waals surface area contributed by atoms with Gasteiger partial charge in [-0.1, -0.05) is 17.7 Å². The number of nitrogens with one attached hydrogen (secondary N) is 3. The van der Waals surface area contributed by atoms with Crippen LogP contribution in [0.1, 0.15) is 11.1 Å². The van der Waals surface area contributed by atoms with Crippen molar-refractivity contribution in [2.75, 3.05) is 10.6 Å². The van der Waals surface area contributed by atoms with Gasteiger partial charge >= 0.3 is 5.76 Å². The molecule has 0 aliphatic rings. The van der Waals surface area contributed by atoms with Crippen molar-refractivity contribution in [1.29, 1.82) is 0 Å². The van der Waals surface area contributed by atoms with E-state index in [9.17, 15) is 4.79 Å². The standard InChI is InChI=1S/C19H16ClN5O2/c1-10-5-11(2)7-13(6-10)23-18-21-9-14(20)17(25-18)22-12-3-4-16-15(8-12)24-19(26)27-16/h3-9H,1-2H3,(H,24,26)(H2,21,22,23,25). The number of H-pyrrole nitrogens is 1. The highest BCUT2D eigenvalue weighted by Gasteiger charge is 2.09. The smallest absolute Gasteiger partial charge is 0.408 e. The van der Waals surface area contributed by atoms with E-state index in [0.717, 1.165) is 16.8 Å². The predicted molar refractivity (Wildman–Crippen MR) is 106 cm³/mol. The number of benzene rings is 2. The number of fused-ring (bicyclic) bond motifs is 1. The number of anilines is 4. The lowest BCUT2D eigenvalue weighted by Crippen LogP contribution is -2.02. The fraction of sp³-hybridized carbons (Fsp3) is 0.105. The van der Waals surface area contributed by atoms with E-state index in [1.165, 1.54) is 6.20 Å². The summed E-state index contributed by atoms with van der Waals surface area (Å²) in [5.41, 5.74) is 4.97. The molecule has 0 fully saturated rings. The first-order valence-corrected chi connectivity index (χ1v) is 8.62. The van der Waals surface area contributed by atoms with Crippen LogP contribution in [0, 0.1) is 13.8 Å². The Balaban J connectivity index is 1.62. The van der Waals surface area contributed by atoms with Crippen molar-refractivity contribution >= 4 is 45.8 Å². The zero-order chi connectivity index (χ0) is 19.0. The fourth-order valence-electron chi connectivity index (χ4n) is 2.86. The van der Waals surface area contributed by atoms with Gasteiger partial charge in [-0.05, 0) is 55.3 Å². The van der Waals surface area contributed by atoms with E-state index >= 15 is 0 Å². The van der Waals surface area contributed by atoms with Gasteiger partial charge in [-0.3, -0.25) is 4.98 Å². The van der Waals surface area contributed by atoms with Crippen LogP contribution < -0.4 is 16.4 Å². The molecule has 8 heteroatoms. The molecule has 0 spiro atoms. The van der Waals surface area contributed by atoms with Crippen molar-refractivity contribution in [3.63, 3.8) is 0 Å². The van der Waals surface area contributed by atoms with E-state index in [1.807, 2.05) is 26.0 Å². The number of aromatic amines is 1. The highest BCUT2D eigenvalue weighted by Crippen LogP contribution is 2.26. The lowest BCUT2D eigenvalue weighted by molar-refractivity contribution is 0.555. The minimum Gasteiger partial charge on any atom is -0.408 e. The fourth-order valence-corrected chi connectivity index (χ4v) is 3.00. The summed E-state index contributed by atoms with van der Waals surface area (Å²) in [7, 11) is 0. The van der Waals surface area contributed by atoms with E-state index in [4.69, 9.17) is 16.0 Å². The van der Waals surface area contributed by atoms with Crippen molar-refractivity contribution in [1.82, 2.24) is 15.0 Å². The highest BCUT2D eigenvalue weighted by atomic mass is 35.5. The third kappa shape index (κ3) is 3.78. The minimum atomic E-state index is -0.498. The molecule has 136 valence electrons. The molecule has 0 bridgehead atoms. The number of oxazole rings is 1.